The molecule has 170 valence electrons. The first kappa shape index (κ1) is 26.0. The maximum atomic E-state index is 12.6. The van der Waals surface area contributed by atoms with Crippen LogP contribution in [0.3, 0.4) is 0 Å². The van der Waals surface area contributed by atoms with E-state index in [-0.39, 0.29) is 42.1 Å². The molecule has 1 unspecified atom stereocenters. The molecule has 1 fully saturated rings. The minimum Gasteiger partial charge on any atom is -0.493 e. The second-order valence-corrected chi connectivity index (χ2v) is 7.02. The number of benzene rings is 1. The number of hydrogen-bond acceptors (Lipinski definition) is 6. The van der Waals surface area contributed by atoms with Crippen molar-refractivity contribution in [1.29, 1.82) is 0 Å². The summed E-state index contributed by atoms with van der Waals surface area (Å²) in [6.45, 7) is 4.35. The third-order valence-electron chi connectivity index (χ3n) is 4.81. The SMILES string of the molecule is CC.O=Cc1c(OCCCCCCC(=O)O)cccc1C(=O)CC1CCC(=O)NC1=O. The lowest BCUT2D eigenvalue weighted by molar-refractivity contribution is -0.138. The van der Waals surface area contributed by atoms with Gasteiger partial charge in [0.1, 0.15) is 5.75 Å². The van der Waals surface area contributed by atoms with Crippen LogP contribution in [-0.4, -0.2) is 41.6 Å². The monoisotopic (exact) mass is 433 g/mol. The summed E-state index contributed by atoms with van der Waals surface area (Å²) in [5.41, 5.74) is 0.347. The Labute approximate surface area is 182 Å². The summed E-state index contributed by atoms with van der Waals surface area (Å²) in [7, 11) is 0. The van der Waals surface area contributed by atoms with E-state index < -0.39 is 17.8 Å². The Morgan fingerprint density at radius 3 is 2.52 bits per heavy atom. The van der Waals surface area contributed by atoms with Crippen LogP contribution >= 0.6 is 0 Å². The van der Waals surface area contributed by atoms with Gasteiger partial charge in [-0.05, 0) is 25.3 Å². The Kier molecular flexibility index (Phi) is 11.8. The lowest BCUT2D eigenvalue weighted by atomic mass is 9.89. The summed E-state index contributed by atoms with van der Waals surface area (Å²) in [4.78, 5) is 57.8. The van der Waals surface area contributed by atoms with Gasteiger partial charge in [0, 0.05) is 30.7 Å². The predicted molar refractivity (Wildman–Crippen MR) is 114 cm³/mol. The largest absolute Gasteiger partial charge is 0.493 e. The van der Waals surface area contributed by atoms with E-state index in [1.807, 2.05) is 13.8 Å². The van der Waals surface area contributed by atoms with Crippen molar-refractivity contribution in [1.82, 2.24) is 5.32 Å². The molecule has 1 aromatic carbocycles. The summed E-state index contributed by atoms with van der Waals surface area (Å²) in [5, 5.41) is 10.8. The summed E-state index contributed by atoms with van der Waals surface area (Å²) in [5.74, 6) is -2.24. The molecular weight excluding hydrogens is 402 g/mol. The number of aliphatic carboxylic acids is 1. The van der Waals surface area contributed by atoms with Gasteiger partial charge in [-0.1, -0.05) is 38.8 Å². The minimum absolute atomic E-state index is 0.0764. The molecule has 0 radical (unpaired) electrons. The maximum absolute atomic E-state index is 12.6. The van der Waals surface area contributed by atoms with Crippen LogP contribution in [-0.2, 0) is 14.4 Å². The standard InChI is InChI=1S/C21H25NO7.C2H6/c23-13-16-15(17(24)12-14-9-10-19(25)22-21(14)28)6-5-7-18(16)29-11-4-2-1-3-8-20(26)27;1-2/h5-7,13-14H,1-4,8-12H2,(H,26,27)(H,22,25,28);1-2H3. The van der Waals surface area contributed by atoms with Crippen LogP contribution in [0, 0.1) is 5.92 Å². The van der Waals surface area contributed by atoms with Crippen molar-refractivity contribution in [3.63, 3.8) is 0 Å². The summed E-state index contributed by atoms with van der Waals surface area (Å²) >= 11 is 0. The Morgan fingerprint density at radius 1 is 1.16 bits per heavy atom. The lowest BCUT2D eigenvalue weighted by Gasteiger charge is -2.20. The molecule has 1 aliphatic heterocycles. The molecule has 0 aromatic heterocycles. The molecule has 1 saturated heterocycles. The molecule has 2 amide bonds. The van der Waals surface area contributed by atoms with Crippen molar-refractivity contribution < 1.29 is 33.8 Å². The van der Waals surface area contributed by atoms with Gasteiger partial charge in [-0.15, -0.1) is 0 Å². The third kappa shape index (κ3) is 8.70. The van der Waals surface area contributed by atoms with E-state index in [2.05, 4.69) is 5.32 Å². The molecule has 1 aromatic rings. The average molecular weight is 434 g/mol. The third-order valence-corrected chi connectivity index (χ3v) is 4.81. The molecule has 1 aliphatic rings. The number of Topliss-reactive ketones (excluding diaryl/α,β-unsaturated/α-hetero) is 1. The average Bonchev–Trinajstić information content (AvgIpc) is 2.75. The Hall–Kier alpha value is -3.03. The fraction of sp³-hybridized carbons (Fsp3) is 0.522. The number of carbonyl (C=O) groups excluding carboxylic acids is 4. The highest BCUT2D eigenvalue weighted by molar-refractivity contribution is 6.07. The number of rotatable bonds is 12. The molecule has 1 heterocycles. The van der Waals surface area contributed by atoms with Crippen LogP contribution in [0.1, 0.15) is 85.9 Å². The minimum atomic E-state index is -0.810. The van der Waals surface area contributed by atoms with Crippen molar-refractivity contribution >= 4 is 29.9 Å². The van der Waals surface area contributed by atoms with E-state index in [4.69, 9.17) is 9.84 Å². The number of aldehydes is 1. The molecule has 0 aliphatic carbocycles. The number of carboxylic acids is 1. The van der Waals surface area contributed by atoms with E-state index in [1.165, 1.54) is 6.07 Å². The van der Waals surface area contributed by atoms with Crippen molar-refractivity contribution in [3.05, 3.63) is 29.3 Å². The number of nitrogens with one attached hydrogen (secondary N) is 1. The van der Waals surface area contributed by atoms with Crippen LogP contribution in [0.2, 0.25) is 0 Å². The number of ketones is 1. The van der Waals surface area contributed by atoms with Gasteiger partial charge in [0.15, 0.2) is 12.1 Å². The fourth-order valence-corrected chi connectivity index (χ4v) is 3.22. The molecule has 8 nitrogen and oxygen atoms in total. The molecule has 1 atom stereocenters. The molecular formula is C23H31NO7. The van der Waals surface area contributed by atoms with Crippen LogP contribution in [0.25, 0.3) is 0 Å². The van der Waals surface area contributed by atoms with Crippen molar-refractivity contribution in [3.8, 4) is 5.75 Å². The second kappa shape index (κ2) is 14.1. The van der Waals surface area contributed by atoms with Gasteiger partial charge < -0.3 is 9.84 Å². The molecule has 0 spiro atoms. The zero-order chi connectivity index (χ0) is 23.2. The van der Waals surface area contributed by atoms with E-state index in [0.717, 1.165) is 12.8 Å². The highest BCUT2D eigenvalue weighted by atomic mass is 16.5. The Balaban J connectivity index is 0.00000233. The molecule has 2 N–H and O–H groups in total. The summed E-state index contributed by atoms with van der Waals surface area (Å²) in [6, 6.07) is 4.75. The zero-order valence-electron chi connectivity index (χ0n) is 18.1. The number of piperidine rings is 1. The highest BCUT2D eigenvalue weighted by Gasteiger charge is 2.29. The van der Waals surface area contributed by atoms with Crippen LogP contribution < -0.4 is 10.1 Å². The van der Waals surface area contributed by atoms with Gasteiger partial charge in [0.05, 0.1) is 12.2 Å². The van der Waals surface area contributed by atoms with Gasteiger partial charge in [-0.25, -0.2) is 0 Å². The van der Waals surface area contributed by atoms with E-state index in [9.17, 15) is 24.0 Å². The molecule has 31 heavy (non-hydrogen) atoms. The first-order valence-electron chi connectivity index (χ1n) is 10.7. The molecule has 2 rings (SSSR count). The number of carboxylic acid groups (broad SMARTS) is 1. The predicted octanol–water partition coefficient (Wildman–Crippen LogP) is 3.56. The van der Waals surface area contributed by atoms with Gasteiger partial charge in [-0.2, -0.15) is 0 Å². The molecule has 0 saturated carbocycles. The van der Waals surface area contributed by atoms with Gasteiger partial charge in [-0.3, -0.25) is 29.3 Å². The first-order chi connectivity index (χ1) is 14.9. The smallest absolute Gasteiger partial charge is 0.303 e. The number of unbranched alkanes of at least 4 members (excludes halogenated alkanes) is 3. The number of imide groups is 1. The number of carbonyl (C=O) groups is 5. The Morgan fingerprint density at radius 2 is 1.87 bits per heavy atom. The molecule has 0 bridgehead atoms. The van der Waals surface area contributed by atoms with Gasteiger partial charge in [0.25, 0.3) is 0 Å². The second-order valence-electron chi connectivity index (χ2n) is 7.02. The number of amides is 2. The fourth-order valence-electron chi connectivity index (χ4n) is 3.22. The van der Waals surface area contributed by atoms with Crippen molar-refractivity contribution in [2.24, 2.45) is 5.92 Å². The maximum Gasteiger partial charge on any atom is 0.303 e. The quantitative estimate of drug-likeness (QED) is 0.223. The number of hydrogen-bond donors (Lipinski definition) is 2. The Bertz CT molecular complexity index is 788. The topological polar surface area (TPSA) is 127 Å². The van der Waals surface area contributed by atoms with Crippen LogP contribution in [0.5, 0.6) is 5.75 Å². The van der Waals surface area contributed by atoms with Gasteiger partial charge >= 0.3 is 5.97 Å². The summed E-state index contributed by atoms with van der Waals surface area (Å²) < 4.78 is 5.65. The number of ether oxygens (including phenoxy) is 1. The molecule has 8 heteroatoms. The lowest BCUT2D eigenvalue weighted by Crippen LogP contribution is -2.41. The van der Waals surface area contributed by atoms with E-state index in [0.29, 0.717) is 37.9 Å². The van der Waals surface area contributed by atoms with Crippen LogP contribution in [0.15, 0.2) is 18.2 Å². The van der Waals surface area contributed by atoms with Crippen molar-refractivity contribution in [2.75, 3.05) is 6.61 Å². The summed E-state index contributed by atoms with van der Waals surface area (Å²) in [6.07, 6.45) is 4.04. The van der Waals surface area contributed by atoms with Crippen LogP contribution in [0.4, 0.5) is 0 Å². The van der Waals surface area contributed by atoms with E-state index >= 15 is 0 Å². The van der Waals surface area contributed by atoms with Gasteiger partial charge in [0.2, 0.25) is 11.8 Å². The van der Waals surface area contributed by atoms with E-state index in [1.54, 1.807) is 12.1 Å². The van der Waals surface area contributed by atoms with Crippen molar-refractivity contribution in [2.45, 2.75) is 65.2 Å². The normalized spacial score (nSPS) is 15.4. The first-order valence-corrected chi connectivity index (χ1v) is 10.7. The highest BCUT2D eigenvalue weighted by Crippen LogP contribution is 2.25. The zero-order valence-corrected chi connectivity index (χ0v) is 18.1.